The van der Waals surface area contributed by atoms with E-state index in [1.54, 1.807) is 12.1 Å². The van der Waals surface area contributed by atoms with E-state index in [1.807, 2.05) is 60.7 Å². The van der Waals surface area contributed by atoms with Crippen LogP contribution in [0.4, 0.5) is 0 Å². The standard InChI is InChI=1S/C24H18O5/c1-15(25)28-21-13-18-19(14-20(21)27-2)24(26)29-23(17-11-7-4-8-12-17)22(18)16-9-5-3-6-10-16/h3-14H,1-2H3. The first-order chi connectivity index (χ1) is 14.1. The van der Waals surface area contributed by atoms with Gasteiger partial charge in [-0.1, -0.05) is 60.7 Å². The Labute approximate surface area is 167 Å². The fourth-order valence-electron chi connectivity index (χ4n) is 3.34. The van der Waals surface area contributed by atoms with Gasteiger partial charge in [-0.3, -0.25) is 4.79 Å². The lowest BCUT2D eigenvalue weighted by atomic mass is 9.95. The van der Waals surface area contributed by atoms with Crippen molar-refractivity contribution in [3.05, 3.63) is 83.2 Å². The predicted octanol–water partition coefficient (Wildman–Crippen LogP) is 5.06. The van der Waals surface area contributed by atoms with Crippen LogP contribution in [0.5, 0.6) is 11.5 Å². The Morgan fingerprint density at radius 3 is 2.00 bits per heavy atom. The second-order valence-corrected chi connectivity index (χ2v) is 6.47. The Morgan fingerprint density at radius 2 is 1.41 bits per heavy atom. The SMILES string of the molecule is COc1cc2c(=O)oc(-c3ccccc3)c(-c3ccccc3)c2cc1OC(C)=O. The Bertz CT molecular complexity index is 1240. The molecule has 0 fully saturated rings. The van der Waals surface area contributed by atoms with E-state index in [0.717, 1.165) is 16.7 Å². The molecule has 0 aliphatic rings. The number of benzene rings is 3. The number of fused-ring (bicyclic) bond motifs is 1. The van der Waals surface area contributed by atoms with Gasteiger partial charge in [-0.25, -0.2) is 4.79 Å². The zero-order valence-corrected chi connectivity index (χ0v) is 16.0. The first-order valence-electron chi connectivity index (χ1n) is 9.06. The van der Waals surface area contributed by atoms with Gasteiger partial charge in [0, 0.05) is 23.4 Å². The van der Waals surface area contributed by atoms with Gasteiger partial charge in [0.1, 0.15) is 5.76 Å². The molecule has 0 bridgehead atoms. The van der Waals surface area contributed by atoms with Crippen LogP contribution in [0.3, 0.4) is 0 Å². The van der Waals surface area contributed by atoms with Gasteiger partial charge in [0.05, 0.1) is 12.5 Å². The normalized spacial score (nSPS) is 10.7. The molecule has 1 aromatic heterocycles. The molecule has 3 aromatic carbocycles. The average Bonchev–Trinajstić information content (AvgIpc) is 2.74. The quantitative estimate of drug-likeness (QED) is 0.362. The van der Waals surface area contributed by atoms with Crippen molar-refractivity contribution < 1.29 is 18.7 Å². The maximum atomic E-state index is 12.8. The summed E-state index contributed by atoms with van der Waals surface area (Å²) in [5.74, 6) is 0.504. The topological polar surface area (TPSA) is 65.7 Å². The van der Waals surface area contributed by atoms with Crippen LogP contribution < -0.4 is 15.1 Å². The van der Waals surface area contributed by atoms with Crippen molar-refractivity contribution in [2.24, 2.45) is 0 Å². The molecule has 4 aromatic rings. The monoisotopic (exact) mass is 386 g/mol. The number of methoxy groups -OCH3 is 1. The predicted molar refractivity (Wildman–Crippen MR) is 111 cm³/mol. The third-order valence-electron chi connectivity index (χ3n) is 4.57. The number of rotatable bonds is 4. The summed E-state index contributed by atoms with van der Waals surface area (Å²) in [6, 6.07) is 22.2. The molecule has 4 rings (SSSR count). The lowest BCUT2D eigenvalue weighted by molar-refractivity contribution is -0.132. The average molecular weight is 386 g/mol. The highest BCUT2D eigenvalue weighted by Crippen LogP contribution is 2.40. The molecule has 0 aliphatic heterocycles. The first kappa shape index (κ1) is 18.5. The Hall–Kier alpha value is -3.86. The number of hydrogen-bond donors (Lipinski definition) is 0. The van der Waals surface area contributed by atoms with Crippen LogP contribution in [0, 0.1) is 0 Å². The second-order valence-electron chi connectivity index (χ2n) is 6.47. The van der Waals surface area contributed by atoms with Gasteiger partial charge < -0.3 is 13.9 Å². The van der Waals surface area contributed by atoms with E-state index in [4.69, 9.17) is 13.9 Å². The summed E-state index contributed by atoms with van der Waals surface area (Å²) in [6.45, 7) is 1.32. The van der Waals surface area contributed by atoms with E-state index in [0.29, 0.717) is 16.5 Å². The molecule has 29 heavy (non-hydrogen) atoms. The molecule has 5 heteroatoms. The minimum Gasteiger partial charge on any atom is -0.493 e. The van der Waals surface area contributed by atoms with Crippen molar-refractivity contribution in [2.75, 3.05) is 7.11 Å². The first-order valence-corrected chi connectivity index (χ1v) is 9.06. The summed E-state index contributed by atoms with van der Waals surface area (Å²) < 4.78 is 16.4. The van der Waals surface area contributed by atoms with Crippen LogP contribution >= 0.6 is 0 Å². The van der Waals surface area contributed by atoms with Crippen LogP contribution in [-0.2, 0) is 4.79 Å². The minimum absolute atomic E-state index is 0.245. The Kier molecular flexibility index (Phi) is 4.87. The largest absolute Gasteiger partial charge is 0.493 e. The molecule has 0 radical (unpaired) electrons. The van der Waals surface area contributed by atoms with Crippen molar-refractivity contribution in [2.45, 2.75) is 6.92 Å². The molecule has 1 heterocycles. The van der Waals surface area contributed by atoms with Gasteiger partial charge in [-0.05, 0) is 17.7 Å². The van der Waals surface area contributed by atoms with E-state index in [9.17, 15) is 9.59 Å². The van der Waals surface area contributed by atoms with Gasteiger partial charge in [0.25, 0.3) is 0 Å². The molecule has 0 unspecified atom stereocenters. The molecule has 0 saturated heterocycles. The Morgan fingerprint density at radius 1 is 0.828 bits per heavy atom. The van der Waals surface area contributed by atoms with Gasteiger partial charge in [-0.15, -0.1) is 0 Å². The second kappa shape index (κ2) is 7.64. The van der Waals surface area contributed by atoms with Crippen LogP contribution in [0.2, 0.25) is 0 Å². The summed E-state index contributed by atoms with van der Waals surface area (Å²) >= 11 is 0. The number of ether oxygens (including phenoxy) is 2. The van der Waals surface area contributed by atoms with Gasteiger partial charge in [0.15, 0.2) is 11.5 Å². The van der Waals surface area contributed by atoms with Gasteiger partial charge in [0.2, 0.25) is 0 Å². The molecular weight excluding hydrogens is 368 g/mol. The minimum atomic E-state index is -0.494. The van der Waals surface area contributed by atoms with Crippen molar-refractivity contribution in [1.29, 1.82) is 0 Å². The third-order valence-corrected chi connectivity index (χ3v) is 4.57. The van der Waals surface area contributed by atoms with E-state index < -0.39 is 11.6 Å². The summed E-state index contributed by atoms with van der Waals surface area (Å²) in [6.07, 6.45) is 0. The molecule has 0 saturated carbocycles. The fraction of sp³-hybridized carbons (Fsp3) is 0.0833. The van der Waals surface area contributed by atoms with Crippen molar-refractivity contribution in [3.63, 3.8) is 0 Å². The summed E-state index contributed by atoms with van der Waals surface area (Å²) in [5, 5.41) is 0.958. The van der Waals surface area contributed by atoms with Gasteiger partial charge >= 0.3 is 11.6 Å². The highest BCUT2D eigenvalue weighted by Gasteiger charge is 2.20. The lowest BCUT2D eigenvalue weighted by Crippen LogP contribution is -2.07. The molecule has 5 nitrogen and oxygen atoms in total. The third kappa shape index (κ3) is 3.50. The smallest absolute Gasteiger partial charge is 0.344 e. The van der Waals surface area contributed by atoms with E-state index >= 15 is 0 Å². The molecule has 0 amide bonds. The summed E-state index contributed by atoms with van der Waals surface area (Å²) in [7, 11) is 1.45. The highest BCUT2D eigenvalue weighted by molar-refractivity contribution is 6.03. The van der Waals surface area contributed by atoms with E-state index in [1.165, 1.54) is 14.0 Å². The zero-order chi connectivity index (χ0) is 20.4. The zero-order valence-electron chi connectivity index (χ0n) is 16.0. The molecule has 0 N–H and O–H groups in total. The molecule has 0 atom stereocenters. The number of hydrogen-bond acceptors (Lipinski definition) is 5. The Balaban J connectivity index is 2.14. The summed E-state index contributed by atoms with van der Waals surface area (Å²) in [4.78, 5) is 24.4. The fourth-order valence-corrected chi connectivity index (χ4v) is 3.34. The molecular formula is C24H18O5. The molecule has 0 spiro atoms. The summed E-state index contributed by atoms with van der Waals surface area (Å²) in [5.41, 5.74) is 1.89. The maximum Gasteiger partial charge on any atom is 0.344 e. The number of esters is 1. The number of carbonyl (C=O) groups is 1. The van der Waals surface area contributed by atoms with Crippen molar-refractivity contribution in [3.8, 4) is 33.9 Å². The van der Waals surface area contributed by atoms with Gasteiger partial charge in [-0.2, -0.15) is 0 Å². The van der Waals surface area contributed by atoms with Crippen LogP contribution in [0.1, 0.15) is 6.92 Å². The molecule has 0 aliphatic carbocycles. The maximum absolute atomic E-state index is 12.8. The molecule has 144 valence electrons. The van der Waals surface area contributed by atoms with Crippen molar-refractivity contribution in [1.82, 2.24) is 0 Å². The van der Waals surface area contributed by atoms with E-state index in [-0.39, 0.29) is 11.5 Å². The lowest BCUT2D eigenvalue weighted by Gasteiger charge is -2.15. The number of carbonyl (C=O) groups excluding carboxylic acids is 1. The van der Waals surface area contributed by atoms with E-state index in [2.05, 4.69) is 0 Å². The highest BCUT2D eigenvalue weighted by atomic mass is 16.6. The van der Waals surface area contributed by atoms with Crippen LogP contribution in [0.25, 0.3) is 33.2 Å². The van der Waals surface area contributed by atoms with Crippen molar-refractivity contribution >= 4 is 16.7 Å². The van der Waals surface area contributed by atoms with Crippen LogP contribution in [0.15, 0.2) is 82.0 Å². The van der Waals surface area contributed by atoms with Crippen LogP contribution in [-0.4, -0.2) is 13.1 Å².